The second-order valence-electron chi connectivity index (χ2n) is 3.04. The predicted molar refractivity (Wildman–Crippen MR) is 48.6 cm³/mol. The third-order valence-corrected chi connectivity index (χ3v) is 2.52. The van der Waals surface area contributed by atoms with Crippen LogP contribution in [0, 0.1) is 0 Å². The Morgan fingerprint density at radius 2 is 1.40 bits per heavy atom. The molecule has 1 heteroatoms. The molecule has 0 aromatic rings. The summed E-state index contributed by atoms with van der Waals surface area (Å²) in [5.41, 5.74) is 0. The molecule has 0 aliphatic heterocycles. The summed E-state index contributed by atoms with van der Waals surface area (Å²) in [5, 5.41) is 0. The molecule has 0 amide bonds. The number of unbranched alkanes of at least 4 members (excludes halogenated alkanes) is 2. The van der Waals surface area contributed by atoms with Gasteiger partial charge in [0.15, 0.2) is 0 Å². The predicted octanol–water partition coefficient (Wildman–Crippen LogP) is 3.32. The quantitative estimate of drug-likeness (QED) is 0.515. The molecule has 0 aliphatic carbocycles. The molecule has 10 heavy (non-hydrogen) atoms. The second-order valence-corrected chi connectivity index (χ2v) is 3.99. The molecule has 0 atom stereocenters. The minimum absolute atomic E-state index is 0.889. The Kier molecular flexibility index (Phi) is 8.04. The Labute approximate surface area is 73.8 Å². The van der Waals surface area contributed by atoms with Crippen LogP contribution in [0.25, 0.3) is 0 Å². The topological polar surface area (TPSA) is 0 Å². The van der Waals surface area contributed by atoms with Gasteiger partial charge in [0.05, 0.1) is 0 Å². The third kappa shape index (κ3) is 6.65. The van der Waals surface area contributed by atoms with Crippen molar-refractivity contribution in [1.82, 2.24) is 0 Å². The molecular formula is C9H19Al+2. The van der Waals surface area contributed by atoms with E-state index in [0.717, 1.165) is 4.78 Å². The molecule has 0 fully saturated rings. The van der Waals surface area contributed by atoms with Crippen LogP contribution < -0.4 is 0 Å². The van der Waals surface area contributed by atoms with Gasteiger partial charge in [-0.1, -0.05) is 0 Å². The molecule has 0 rings (SSSR count). The summed E-state index contributed by atoms with van der Waals surface area (Å²) in [6, 6.07) is 0. The van der Waals surface area contributed by atoms with Gasteiger partial charge in [-0.3, -0.25) is 0 Å². The first-order chi connectivity index (χ1) is 4.81. The van der Waals surface area contributed by atoms with Crippen molar-refractivity contribution in [1.29, 1.82) is 0 Å². The maximum atomic E-state index is 2.96. The van der Waals surface area contributed by atoms with E-state index in [4.69, 9.17) is 0 Å². The van der Waals surface area contributed by atoms with Crippen LogP contribution in [0.4, 0.5) is 0 Å². The standard InChI is InChI=1S/C9H19.Al/c1-3-5-7-9-8-6-4-2;/h9H,3-8H2,1-2H3;/q;+2. The molecule has 0 saturated carbocycles. The van der Waals surface area contributed by atoms with Gasteiger partial charge in [0, 0.05) is 0 Å². The summed E-state index contributed by atoms with van der Waals surface area (Å²) >= 11 is 2.96. The first kappa shape index (κ1) is 10.5. The average molecular weight is 154 g/mol. The van der Waals surface area contributed by atoms with Crippen LogP contribution in [0.15, 0.2) is 0 Å². The molecule has 0 unspecified atom stereocenters. The van der Waals surface area contributed by atoms with Gasteiger partial charge < -0.3 is 0 Å². The fourth-order valence-corrected chi connectivity index (χ4v) is 1.55. The molecule has 56 valence electrons. The summed E-state index contributed by atoms with van der Waals surface area (Å²) in [6.45, 7) is 4.52. The van der Waals surface area contributed by atoms with Crippen molar-refractivity contribution >= 4 is 16.3 Å². The van der Waals surface area contributed by atoms with Crippen molar-refractivity contribution < 1.29 is 0 Å². The number of hydrogen-bond acceptors (Lipinski definition) is 0. The number of hydrogen-bond donors (Lipinski definition) is 0. The Bertz CT molecular complexity index is 53.7. The monoisotopic (exact) mass is 154 g/mol. The molecule has 0 spiro atoms. The van der Waals surface area contributed by atoms with Crippen molar-refractivity contribution in [3.63, 3.8) is 0 Å². The molecule has 0 N–H and O–H groups in total. The first-order valence-electron chi connectivity index (χ1n) is 4.56. The zero-order valence-electron chi connectivity index (χ0n) is 7.40. The van der Waals surface area contributed by atoms with Crippen LogP contribution >= 0.6 is 0 Å². The fourth-order valence-electron chi connectivity index (χ4n) is 1.08. The average Bonchev–Trinajstić information content (AvgIpc) is 1.97. The van der Waals surface area contributed by atoms with E-state index in [-0.39, 0.29) is 0 Å². The molecule has 0 aliphatic rings. The van der Waals surface area contributed by atoms with Crippen LogP contribution in [0.5, 0.6) is 0 Å². The fraction of sp³-hybridized carbons (Fsp3) is 1.00. The summed E-state index contributed by atoms with van der Waals surface area (Å²) in [5.74, 6) is 0. The van der Waals surface area contributed by atoms with Gasteiger partial charge in [-0.25, -0.2) is 0 Å². The summed E-state index contributed by atoms with van der Waals surface area (Å²) in [6.07, 6.45) is 8.30. The van der Waals surface area contributed by atoms with E-state index in [9.17, 15) is 0 Å². The Morgan fingerprint density at radius 3 is 1.70 bits per heavy atom. The van der Waals surface area contributed by atoms with E-state index in [1.165, 1.54) is 38.5 Å². The Balaban J connectivity index is 3.00. The van der Waals surface area contributed by atoms with Crippen molar-refractivity contribution in [2.75, 3.05) is 0 Å². The van der Waals surface area contributed by atoms with Crippen molar-refractivity contribution in [2.45, 2.75) is 57.2 Å². The van der Waals surface area contributed by atoms with Gasteiger partial charge in [-0.2, -0.15) is 0 Å². The summed E-state index contributed by atoms with van der Waals surface area (Å²) in [4.78, 5) is 0. The molecule has 0 bridgehead atoms. The van der Waals surface area contributed by atoms with Gasteiger partial charge in [0.1, 0.15) is 0 Å². The van der Waals surface area contributed by atoms with Crippen molar-refractivity contribution in [2.24, 2.45) is 0 Å². The van der Waals surface area contributed by atoms with E-state index in [2.05, 4.69) is 30.1 Å². The Hall–Kier alpha value is 0.532. The molecule has 0 aromatic carbocycles. The normalized spacial score (nSPS) is 10.9. The van der Waals surface area contributed by atoms with Crippen molar-refractivity contribution in [3.05, 3.63) is 0 Å². The third-order valence-electron chi connectivity index (χ3n) is 1.86. The van der Waals surface area contributed by atoms with Gasteiger partial charge in [-0.15, -0.1) is 0 Å². The van der Waals surface area contributed by atoms with Gasteiger partial charge in [0.2, 0.25) is 0 Å². The maximum absolute atomic E-state index is 2.96. The zero-order valence-corrected chi connectivity index (χ0v) is 8.55. The van der Waals surface area contributed by atoms with E-state index >= 15 is 0 Å². The Morgan fingerprint density at radius 1 is 1.00 bits per heavy atom. The van der Waals surface area contributed by atoms with Gasteiger partial charge >= 0.3 is 73.4 Å². The first-order valence-corrected chi connectivity index (χ1v) is 5.23. The summed E-state index contributed by atoms with van der Waals surface area (Å²) < 4.78 is 0.889. The van der Waals surface area contributed by atoms with E-state index in [1.807, 2.05) is 0 Å². The molecular weight excluding hydrogens is 135 g/mol. The van der Waals surface area contributed by atoms with Crippen LogP contribution in [0.1, 0.15) is 52.4 Å². The zero-order chi connectivity index (χ0) is 7.82. The SMILES string of the molecule is CCCC[CH]([Al+2])CCCC. The molecule has 0 heterocycles. The molecule has 0 nitrogen and oxygen atoms in total. The molecule has 0 aromatic heterocycles. The summed E-state index contributed by atoms with van der Waals surface area (Å²) in [7, 11) is 0. The van der Waals surface area contributed by atoms with E-state index < -0.39 is 0 Å². The van der Waals surface area contributed by atoms with E-state index in [0.29, 0.717) is 0 Å². The minimum atomic E-state index is 0.889. The van der Waals surface area contributed by atoms with Crippen LogP contribution in [0.3, 0.4) is 0 Å². The van der Waals surface area contributed by atoms with Crippen LogP contribution in [-0.2, 0) is 0 Å². The van der Waals surface area contributed by atoms with Gasteiger partial charge in [0.25, 0.3) is 0 Å². The van der Waals surface area contributed by atoms with Gasteiger partial charge in [-0.05, 0) is 0 Å². The van der Waals surface area contributed by atoms with Crippen LogP contribution in [-0.4, -0.2) is 16.3 Å². The molecule has 0 radical (unpaired) electrons. The number of rotatable bonds is 6. The second kappa shape index (κ2) is 7.64. The van der Waals surface area contributed by atoms with Crippen molar-refractivity contribution in [3.8, 4) is 0 Å². The van der Waals surface area contributed by atoms with E-state index in [1.54, 1.807) is 0 Å². The molecule has 0 saturated heterocycles. The van der Waals surface area contributed by atoms with Crippen LogP contribution in [0.2, 0.25) is 4.78 Å².